The number of morpholine rings is 1. The van der Waals surface area contributed by atoms with E-state index in [1.165, 1.54) is 12.1 Å². The van der Waals surface area contributed by atoms with Crippen LogP contribution in [0.1, 0.15) is 4.88 Å². The van der Waals surface area contributed by atoms with Gasteiger partial charge in [0.15, 0.2) is 0 Å². The van der Waals surface area contributed by atoms with Crippen LogP contribution in [0.5, 0.6) is 0 Å². The molecule has 2 heterocycles. The molecule has 1 N–H and O–H groups in total. The summed E-state index contributed by atoms with van der Waals surface area (Å²) in [6, 6.07) is 4.02. The number of carbonyl (C=O) groups excluding carboxylic acids is 1. The van der Waals surface area contributed by atoms with E-state index in [0.29, 0.717) is 0 Å². The number of carbonyl (C=O) groups is 1. The number of amides is 1. The number of methoxy groups -OCH3 is 1. The summed E-state index contributed by atoms with van der Waals surface area (Å²) in [6.07, 6.45) is 1.03. The van der Waals surface area contributed by atoms with Crippen molar-refractivity contribution in [2.24, 2.45) is 5.10 Å². The maximum atomic E-state index is 10.8. The maximum Gasteiger partial charge on any atom is 0.427 e. The first-order valence-electron chi connectivity index (χ1n) is 5.59. The molecule has 1 fully saturated rings. The smallest absolute Gasteiger partial charge is 0.427 e. The van der Waals surface area contributed by atoms with Gasteiger partial charge in [0.2, 0.25) is 0 Å². The van der Waals surface area contributed by atoms with Crippen LogP contribution in [0.3, 0.4) is 0 Å². The van der Waals surface area contributed by atoms with Gasteiger partial charge in [-0.1, -0.05) is 0 Å². The van der Waals surface area contributed by atoms with Gasteiger partial charge in [-0.15, -0.1) is 11.3 Å². The first-order valence-corrected chi connectivity index (χ1v) is 6.41. The van der Waals surface area contributed by atoms with Gasteiger partial charge in [0, 0.05) is 18.0 Å². The molecule has 0 spiro atoms. The maximum absolute atomic E-state index is 10.8. The van der Waals surface area contributed by atoms with Crippen LogP contribution in [0, 0.1) is 0 Å². The Bertz CT molecular complexity index is 427. The molecule has 6 nitrogen and oxygen atoms in total. The van der Waals surface area contributed by atoms with Gasteiger partial charge >= 0.3 is 6.09 Å². The van der Waals surface area contributed by atoms with E-state index in [9.17, 15) is 4.79 Å². The highest BCUT2D eigenvalue weighted by Crippen LogP contribution is 2.25. The van der Waals surface area contributed by atoms with Crippen molar-refractivity contribution in [1.29, 1.82) is 0 Å². The number of nitrogens with one attached hydrogen (secondary N) is 1. The van der Waals surface area contributed by atoms with E-state index < -0.39 is 6.09 Å². The van der Waals surface area contributed by atoms with E-state index in [1.807, 2.05) is 6.07 Å². The first kappa shape index (κ1) is 12.8. The number of nitrogens with zero attached hydrogens (tertiary/aromatic N) is 2. The van der Waals surface area contributed by atoms with Crippen molar-refractivity contribution >= 4 is 28.6 Å². The standard InChI is InChI=1S/C11H15N3O3S/c1-16-11(15)13-12-8-9-2-3-10(18-9)14-4-6-17-7-5-14/h2-3,8H,4-7H2,1H3,(H,13,15)/b12-8+. The Kier molecular flexibility index (Phi) is 4.54. The molecule has 98 valence electrons. The minimum absolute atomic E-state index is 0.573. The molecular weight excluding hydrogens is 254 g/mol. The molecular formula is C11H15N3O3S. The predicted octanol–water partition coefficient (Wildman–Crippen LogP) is 1.27. The average molecular weight is 269 g/mol. The highest BCUT2D eigenvalue weighted by Gasteiger charge is 2.12. The Balaban J connectivity index is 1.91. The number of hydrogen-bond donors (Lipinski definition) is 1. The molecule has 0 unspecified atom stereocenters. The second-order valence-electron chi connectivity index (χ2n) is 3.64. The summed E-state index contributed by atoms with van der Waals surface area (Å²) >= 11 is 1.63. The van der Waals surface area contributed by atoms with Gasteiger partial charge in [0.1, 0.15) is 0 Å². The summed E-state index contributed by atoms with van der Waals surface area (Å²) in [5.41, 5.74) is 2.25. The van der Waals surface area contributed by atoms with Gasteiger partial charge in [-0.3, -0.25) is 0 Å². The van der Waals surface area contributed by atoms with Crippen LogP contribution < -0.4 is 10.3 Å². The lowest BCUT2D eigenvalue weighted by atomic mass is 10.4. The zero-order chi connectivity index (χ0) is 12.8. The zero-order valence-corrected chi connectivity index (χ0v) is 10.9. The minimum atomic E-state index is -0.573. The molecule has 0 atom stereocenters. The summed E-state index contributed by atoms with van der Waals surface area (Å²) in [5.74, 6) is 0. The fourth-order valence-electron chi connectivity index (χ4n) is 1.56. The quantitative estimate of drug-likeness (QED) is 0.663. The molecule has 1 aliphatic rings. The van der Waals surface area contributed by atoms with Gasteiger partial charge < -0.3 is 14.4 Å². The number of anilines is 1. The highest BCUT2D eigenvalue weighted by atomic mass is 32.1. The van der Waals surface area contributed by atoms with Gasteiger partial charge in [-0.25, -0.2) is 10.2 Å². The molecule has 1 aromatic heterocycles. The molecule has 0 radical (unpaired) electrons. The minimum Gasteiger partial charge on any atom is -0.452 e. The molecule has 18 heavy (non-hydrogen) atoms. The predicted molar refractivity (Wildman–Crippen MR) is 70.5 cm³/mol. The van der Waals surface area contributed by atoms with Crippen molar-refractivity contribution in [3.8, 4) is 0 Å². The van der Waals surface area contributed by atoms with E-state index >= 15 is 0 Å². The molecule has 1 amide bonds. The fraction of sp³-hybridized carbons (Fsp3) is 0.455. The lowest BCUT2D eigenvalue weighted by Gasteiger charge is -2.27. The number of rotatable bonds is 3. The molecule has 0 aromatic carbocycles. The van der Waals surface area contributed by atoms with Crippen LogP contribution in [0.4, 0.5) is 9.80 Å². The summed E-state index contributed by atoms with van der Waals surface area (Å²) in [5, 5.41) is 4.98. The zero-order valence-electron chi connectivity index (χ0n) is 10.1. The van der Waals surface area contributed by atoms with Crippen LogP contribution in [-0.2, 0) is 9.47 Å². The Morgan fingerprint density at radius 3 is 3.06 bits per heavy atom. The van der Waals surface area contributed by atoms with Gasteiger partial charge in [-0.2, -0.15) is 5.10 Å². The van der Waals surface area contributed by atoms with Crippen molar-refractivity contribution in [2.45, 2.75) is 0 Å². The molecule has 1 aliphatic heterocycles. The van der Waals surface area contributed by atoms with E-state index in [2.05, 4.69) is 26.2 Å². The number of hydrogen-bond acceptors (Lipinski definition) is 6. The van der Waals surface area contributed by atoms with E-state index in [-0.39, 0.29) is 0 Å². The van der Waals surface area contributed by atoms with Crippen LogP contribution in [0.15, 0.2) is 17.2 Å². The van der Waals surface area contributed by atoms with Crippen LogP contribution in [0.25, 0.3) is 0 Å². The van der Waals surface area contributed by atoms with Crippen molar-refractivity contribution < 1.29 is 14.3 Å². The van der Waals surface area contributed by atoms with Gasteiger partial charge in [0.25, 0.3) is 0 Å². The van der Waals surface area contributed by atoms with Crippen LogP contribution in [0.2, 0.25) is 0 Å². The number of thiophene rings is 1. The molecule has 0 saturated carbocycles. The normalized spacial score (nSPS) is 15.9. The average Bonchev–Trinajstić information content (AvgIpc) is 2.88. The Hall–Kier alpha value is -1.60. The SMILES string of the molecule is COC(=O)N/N=C/c1ccc(N2CCOCC2)s1. The van der Waals surface area contributed by atoms with Gasteiger partial charge in [0.05, 0.1) is 31.5 Å². The van der Waals surface area contributed by atoms with Crippen molar-refractivity contribution in [3.63, 3.8) is 0 Å². The molecule has 1 aromatic rings. The Morgan fingerprint density at radius 1 is 1.56 bits per heavy atom. The Morgan fingerprint density at radius 2 is 2.33 bits per heavy atom. The molecule has 1 saturated heterocycles. The lowest BCUT2D eigenvalue weighted by molar-refractivity contribution is 0.123. The van der Waals surface area contributed by atoms with Crippen molar-refractivity contribution in [1.82, 2.24) is 5.43 Å². The second-order valence-corrected chi connectivity index (χ2v) is 4.73. The monoisotopic (exact) mass is 269 g/mol. The summed E-state index contributed by atoms with van der Waals surface area (Å²) < 4.78 is 9.71. The lowest BCUT2D eigenvalue weighted by Crippen LogP contribution is -2.35. The fourth-order valence-corrected chi connectivity index (χ4v) is 2.49. The third-order valence-corrected chi connectivity index (χ3v) is 3.55. The topological polar surface area (TPSA) is 63.2 Å². The van der Waals surface area contributed by atoms with Crippen LogP contribution in [-0.4, -0.2) is 45.7 Å². The molecule has 2 rings (SSSR count). The first-order chi connectivity index (χ1) is 8.79. The molecule has 7 heteroatoms. The van der Waals surface area contributed by atoms with Gasteiger partial charge in [-0.05, 0) is 12.1 Å². The molecule has 0 bridgehead atoms. The van der Waals surface area contributed by atoms with Crippen molar-refractivity contribution in [3.05, 3.63) is 17.0 Å². The number of hydrazone groups is 1. The third kappa shape index (κ3) is 3.44. The van der Waals surface area contributed by atoms with E-state index in [1.54, 1.807) is 17.6 Å². The summed E-state index contributed by atoms with van der Waals surface area (Å²) in [7, 11) is 1.30. The van der Waals surface area contributed by atoms with Crippen molar-refractivity contribution in [2.75, 3.05) is 38.3 Å². The van der Waals surface area contributed by atoms with Crippen LogP contribution >= 0.6 is 11.3 Å². The summed E-state index contributed by atoms with van der Waals surface area (Å²) in [6.45, 7) is 3.37. The largest absolute Gasteiger partial charge is 0.452 e. The Labute approximate surface area is 109 Å². The highest BCUT2D eigenvalue weighted by molar-refractivity contribution is 7.17. The number of ether oxygens (including phenoxy) is 2. The third-order valence-electron chi connectivity index (χ3n) is 2.47. The van der Waals surface area contributed by atoms with E-state index in [0.717, 1.165) is 31.2 Å². The van der Waals surface area contributed by atoms with E-state index in [4.69, 9.17) is 4.74 Å². The summed E-state index contributed by atoms with van der Waals surface area (Å²) in [4.78, 5) is 14.0. The molecule has 0 aliphatic carbocycles. The second kappa shape index (κ2) is 6.36.